The minimum Gasteiger partial charge on any atom is -0.342 e. The standard InChI is InChI=1S/C16H19F2NO/c17-14-5-4-13(15(18)8-14)7-16(20)19-9-11-2-1-3-12(6-11)10-19/h4-5,8,11-12H,1-3,6-7,9-10H2. The van der Waals surface area contributed by atoms with Gasteiger partial charge in [0.2, 0.25) is 5.91 Å². The van der Waals surface area contributed by atoms with Crippen LogP contribution in [0.2, 0.25) is 0 Å². The van der Waals surface area contributed by atoms with Crippen LogP contribution in [-0.4, -0.2) is 23.9 Å². The topological polar surface area (TPSA) is 20.3 Å². The van der Waals surface area contributed by atoms with E-state index in [1.54, 1.807) is 0 Å². The van der Waals surface area contributed by atoms with Crippen molar-refractivity contribution in [2.24, 2.45) is 11.8 Å². The predicted octanol–water partition coefficient (Wildman–Crippen LogP) is 3.16. The molecule has 1 saturated heterocycles. The summed E-state index contributed by atoms with van der Waals surface area (Å²) >= 11 is 0. The molecule has 2 nitrogen and oxygen atoms in total. The van der Waals surface area contributed by atoms with Crippen LogP contribution in [0.15, 0.2) is 18.2 Å². The molecule has 1 aromatic carbocycles. The van der Waals surface area contributed by atoms with Gasteiger partial charge in [-0.15, -0.1) is 0 Å². The lowest BCUT2D eigenvalue weighted by Gasteiger charge is -2.41. The lowest BCUT2D eigenvalue weighted by atomic mass is 9.78. The zero-order valence-corrected chi connectivity index (χ0v) is 11.4. The van der Waals surface area contributed by atoms with Gasteiger partial charge in [-0.2, -0.15) is 0 Å². The van der Waals surface area contributed by atoms with E-state index in [0.717, 1.165) is 19.2 Å². The molecule has 0 radical (unpaired) electrons. The van der Waals surface area contributed by atoms with Gasteiger partial charge in [0.15, 0.2) is 0 Å². The fourth-order valence-electron chi connectivity index (χ4n) is 3.58. The van der Waals surface area contributed by atoms with Crippen LogP contribution < -0.4 is 0 Å². The number of carbonyl (C=O) groups excluding carboxylic acids is 1. The van der Waals surface area contributed by atoms with Gasteiger partial charge in [-0.3, -0.25) is 4.79 Å². The molecule has 1 heterocycles. The maximum absolute atomic E-state index is 13.6. The molecule has 0 aromatic heterocycles. The summed E-state index contributed by atoms with van der Waals surface area (Å²) in [7, 11) is 0. The van der Waals surface area contributed by atoms with Crippen molar-refractivity contribution in [3.05, 3.63) is 35.4 Å². The Morgan fingerprint density at radius 1 is 1.20 bits per heavy atom. The number of benzene rings is 1. The van der Waals surface area contributed by atoms with Crippen molar-refractivity contribution in [2.45, 2.75) is 32.1 Å². The molecule has 2 aliphatic rings. The van der Waals surface area contributed by atoms with Crippen LogP contribution in [0.1, 0.15) is 31.2 Å². The zero-order chi connectivity index (χ0) is 14.1. The highest BCUT2D eigenvalue weighted by atomic mass is 19.1. The second kappa shape index (κ2) is 5.51. The number of likely N-dealkylation sites (tertiary alicyclic amines) is 1. The van der Waals surface area contributed by atoms with Crippen LogP contribution in [0.5, 0.6) is 0 Å². The second-order valence-electron chi connectivity index (χ2n) is 6.11. The molecule has 2 unspecified atom stereocenters. The third-order valence-corrected chi connectivity index (χ3v) is 4.56. The van der Waals surface area contributed by atoms with E-state index in [9.17, 15) is 13.6 Å². The largest absolute Gasteiger partial charge is 0.342 e. The Hall–Kier alpha value is -1.45. The Bertz CT molecular complexity index is 505. The smallest absolute Gasteiger partial charge is 0.227 e. The predicted molar refractivity (Wildman–Crippen MR) is 72.1 cm³/mol. The molecule has 20 heavy (non-hydrogen) atoms. The third-order valence-electron chi connectivity index (χ3n) is 4.56. The van der Waals surface area contributed by atoms with E-state index in [1.807, 2.05) is 4.90 Å². The number of hydrogen-bond donors (Lipinski definition) is 0. The van der Waals surface area contributed by atoms with Crippen LogP contribution in [0, 0.1) is 23.5 Å². The molecule has 1 aromatic rings. The number of amides is 1. The maximum Gasteiger partial charge on any atom is 0.227 e. The maximum atomic E-state index is 13.6. The third kappa shape index (κ3) is 2.84. The van der Waals surface area contributed by atoms with Crippen molar-refractivity contribution in [1.82, 2.24) is 4.90 Å². The van der Waals surface area contributed by atoms with Crippen LogP contribution in [0.3, 0.4) is 0 Å². The Morgan fingerprint density at radius 3 is 2.55 bits per heavy atom. The van der Waals surface area contributed by atoms with E-state index in [2.05, 4.69) is 0 Å². The lowest BCUT2D eigenvalue weighted by molar-refractivity contribution is -0.134. The number of rotatable bonds is 2. The lowest BCUT2D eigenvalue weighted by Crippen LogP contribution is -2.46. The Balaban J connectivity index is 1.67. The molecule has 1 saturated carbocycles. The number of halogens is 2. The van der Waals surface area contributed by atoms with E-state index in [4.69, 9.17) is 0 Å². The van der Waals surface area contributed by atoms with Gasteiger partial charge in [0.05, 0.1) is 6.42 Å². The van der Waals surface area contributed by atoms with Crippen molar-refractivity contribution >= 4 is 5.91 Å². The minimum absolute atomic E-state index is 0.0333. The van der Waals surface area contributed by atoms with Crippen molar-refractivity contribution in [3.63, 3.8) is 0 Å². The second-order valence-corrected chi connectivity index (χ2v) is 6.11. The zero-order valence-electron chi connectivity index (χ0n) is 11.4. The van der Waals surface area contributed by atoms with Gasteiger partial charge < -0.3 is 4.90 Å². The molecular weight excluding hydrogens is 260 g/mol. The average Bonchev–Trinajstić information content (AvgIpc) is 2.41. The molecule has 0 spiro atoms. The van der Waals surface area contributed by atoms with Gasteiger partial charge >= 0.3 is 0 Å². The molecule has 2 atom stereocenters. The quantitative estimate of drug-likeness (QED) is 0.814. The summed E-state index contributed by atoms with van der Waals surface area (Å²) in [4.78, 5) is 14.2. The summed E-state index contributed by atoms with van der Waals surface area (Å²) in [6.45, 7) is 1.61. The van der Waals surface area contributed by atoms with Gasteiger partial charge in [-0.25, -0.2) is 8.78 Å². The van der Waals surface area contributed by atoms with Crippen LogP contribution >= 0.6 is 0 Å². The first-order valence-electron chi connectivity index (χ1n) is 7.33. The fraction of sp³-hybridized carbons (Fsp3) is 0.562. The summed E-state index contributed by atoms with van der Waals surface area (Å²) in [6, 6.07) is 3.41. The van der Waals surface area contributed by atoms with E-state index >= 15 is 0 Å². The van der Waals surface area contributed by atoms with Crippen LogP contribution in [-0.2, 0) is 11.2 Å². The van der Waals surface area contributed by atoms with Crippen LogP contribution in [0.4, 0.5) is 8.78 Å². The van der Waals surface area contributed by atoms with Gasteiger partial charge in [0.25, 0.3) is 0 Å². The van der Waals surface area contributed by atoms with Gasteiger partial charge in [-0.1, -0.05) is 12.5 Å². The van der Waals surface area contributed by atoms with Gasteiger partial charge in [0, 0.05) is 19.2 Å². The number of hydrogen-bond acceptors (Lipinski definition) is 1. The highest BCUT2D eigenvalue weighted by Gasteiger charge is 2.32. The first-order chi connectivity index (χ1) is 9.61. The molecule has 2 bridgehead atoms. The molecule has 4 heteroatoms. The summed E-state index contributed by atoms with van der Waals surface area (Å²) in [6.07, 6.45) is 4.93. The Morgan fingerprint density at radius 2 is 1.90 bits per heavy atom. The fourth-order valence-corrected chi connectivity index (χ4v) is 3.58. The highest BCUT2D eigenvalue weighted by molar-refractivity contribution is 5.79. The Labute approximate surface area is 117 Å². The van der Waals surface area contributed by atoms with Crippen molar-refractivity contribution in [2.75, 3.05) is 13.1 Å². The van der Waals surface area contributed by atoms with Crippen molar-refractivity contribution < 1.29 is 13.6 Å². The van der Waals surface area contributed by atoms with E-state index in [0.29, 0.717) is 11.8 Å². The van der Waals surface area contributed by atoms with Crippen LogP contribution in [0.25, 0.3) is 0 Å². The number of piperidine rings is 1. The molecule has 1 aliphatic heterocycles. The minimum atomic E-state index is -0.629. The number of fused-ring (bicyclic) bond motifs is 2. The molecule has 1 aliphatic carbocycles. The first-order valence-corrected chi connectivity index (χ1v) is 7.33. The normalized spacial score (nSPS) is 25.6. The molecule has 3 rings (SSSR count). The number of nitrogens with zero attached hydrogens (tertiary/aromatic N) is 1. The molecular formula is C16H19F2NO. The summed E-state index contributed by atoms with van der Waals surface area (Å²) in [5.41, 5.74) is 0.284. The monoisotopic (exact) mass is 279 g/mol. The van der Waals surface area contributed by atoms with Gasteiger partial charge in [-0.05, 0) is 42.7 Å². The Kier molecular flexibility index (Phi) is 3.72. The first kappa shape index (κ1) is 13.5. The van der Waals surface area contributed by atoms with Gasteiger partial charge in [0.1, 0.15) is 11.6 Å². The van der Waals surface area contributed by atoms with E-state index in [1.165, 1.54) is 37.8 Å². The summed E-state index contributed by atoms with van der Waals surface area (Å²) in [5, 5.41) is 0. The summed E-state index contributed by atoms with van der Waals surface area (Å²) in [5.74, 6) is -0.0390. The molecule has 1 amide bonds. The SMILES string of the molecule is O=C(Cc1ccc(F)cc1F)N1CC2CCCC(C2)C1. The van der Waals surface area contributed by atoms with Crippen molar-refractivity contribution in [3.8, 4) is 0 Å². The van der Waals surface area contributed by atoms with E-state index < -0.39 is 11.6 Å². The average molecular weight is 279 g/mol. The van der Waals surface area contributed by atoms with Crippen molar-refractivity contribution in [1.29, 1.82) is 0 Å². The molecule has 108 valence electrons. The summed E-state index contributed by atoms with van der Waals surface area (Å²) < 4.78 is 26.5. The number of carbonyl (C=O) groups is 1. The molecule has 0 N–H and O–H groups in total. The highest BCUT2D eigenvalue weighted by Crippen LogP contribution is 2.34. The molecule has 2 fully saturated rings. The van der Waals surface area contributed by atoms with E-state index in [-0.39, 0.29) is 17.9 Å².